The van der Waals surface area contributed by atoms with Gasteiger partial charge in [0.25, 0.3) is 0 Å². The molecular weight excluding hydrogens is 214 g/mol. The molecule has 0 spiro atoms. The van der Waals surface area contributed by atoms with Gasteiger partial charge >= 0.3 is 0 Å². The third-order valence-corrected chi connectivity index (χ3v) is 3.66. The first-order chi connectivity index (χ1) is 8.25. The predicted molar refractivity (Wildman–Crippen MR) is 71.3 cm³/mol. The number of rotatable bonds is 4. The molecule has 0 saturated heterocycles. The molecule has 1 aliphatic rings. The highest BCUT2D eigenvalue weighted by Crippen LogP contribution is 2.26. The van der Waals surface area contributed by atoms with Gasteiger partial charge in [0.2, 0.25) is 0 Å². The van der Waals surface area contributed by atoms with Crippen molar-refractivity contribution in [3.8, 4) is 5.75 Å². The van der Waals surface area contributed by atoms with Gasteiger partial charge in [-0.25, -0.2) is 4.39 Å². The average Bonchev–Trinajstić information content (AvgIpc) is 2.35. The SMILES string of the molecule is Bc1ccc(OCCC2CCCCC2)cc1F. The third-order valence-electron chi connectivity index (χ3n) is 3.66. The molecular formula is C14H20BFO. The molecule has 1 aromatic rings. The second-order valence-corrected chi connectivity index (χ2v) is 5.05. The summed E-state index contributed by atoms with van der Waals surface area (Å²) in [6, 6.07) is 5.10. The number of hydrogen-bond donors (Lipinski definition) is 0. The molecule has 0 aromatic heterocycles. The molecule has 0 heterocycles. The minimum absolute atomic E-state index is 0.180. The highest BCUT2D eigenvalue weighted by atomic mass is 19.1. The fourth-order valence-corrected chi connectivity index (χ4v) is 2.48. The van der Waals surface area contributed by atoms with Crippen molar-refractivity contribution >= 4 is 13.3 Å². The molecule has 0 unspecified atom stereocenters. The standard InChI is InChI=1S/C14H20BFO/c15-13-7-6-12(10-14(13)16)17-9-8-11-4-2-1-3-5-11/h6-7,10-11H,1-5,8-9,15H2. The molecule has 0 N–H and O–H groups in total. The highest BCUT2D eigenvalue weighted by Gasteiger charge is 2.13. The van der Waals surface area contributed by atoms with E-state index in [1.54, 1.807) is 13.9 Å². The molecule has 1 aliphatic carbocycles. The first-order valence-corrected chi connectivity index (χ1v) is 6.64. The van der Waals surface area contributed by atoms with Crippen LogP contribution in [0.5, 0.6) is 5.75 Å². The number of halogens is 1. The van der Waals surface area contributed by atoms with Gasteiger partial charge in [-0.05, 0) is 18.4 Å². The van der Waals surface area contributed by atoms with Gasteiger partial charge in [0.1, 0.15) is 19.4 Å². The van der Waals surface area contributed by atoms with Crippen molar-refractivity contribution in [1.29, 1.82) is 0 Å². The maximum atomic E-state index is 13.3. The van der Waals surface area contributed by atoms with Crippen LogP contribution in [0.15, 0.2) is 18.2 Å². The zero-order valence-electron chi connectivity index (χ0n) is 10.5. The first-order valence-electron chi connectivity index (χ1n) is 6.64. The van der Waals surface area contributed by atoms with E-state index in [0.717, 1.165) is 12.3 Å². The van der Waals surface area contributed by atoms with Crippen molar-refractivity contribution in [2.24, 2.45) is 5.92 Å². The number of ether oxygens (including phenoxy) is 1. The summed E-state index contributed by atoms with van der Waals surface area (Å²) in [5, 5.41) is 0. The van der Waals surface area contributed by atoms with Gasteiger partial charge < -0.3 is 4.74 Å². The maximum absolute atomic E-state index is 13.3. The summed E-state index contributed by atoms with van der Waals surface area (Å²) in [6.07, 6.45) is 7.90. The lowest BCUT2D eigenvalue weighted by molar-refractivity contribution is 0.245. The van der Waals surface area contributed by atoms with E-state index < -0.39 is 0 Å². The Bertz CT molecular complexity index is 361. The van der Waals surface area contributed by atoms with Crippen LogP contribution in [0, 0.1) is 11.7 Å². The van der Waals surface area contributed by atoms with Gasteiger partial charge in [0.05, 0.1) is 6.61 Å². The summed E-state index contributed by atoms with van der Waals surface area (Å²) >= 11 is 0. The van der Waals surface area contributed by atoms with Gasteiger partial charge in [-0.2, -0.15) is 0 Å². The quantitative estimate of drug-likeness (QED) is 0.727. The van der Waals surface area contributed by atoms with E-state index in [0.29, 0.717) is 17.8 Å². The van der Waals surface area contributed by atoms with Crippen molar-refractivity contribution in [1.82, 2.24) is 0 Å². The second kappa shape index (κ2) is 6.09. The van der Waals surface area contributed by atoms with E-state index in [1.807, 2.05) is 6.07 Å². The van der Waals surface area contributed by atoms with Crippen LogP contribution >= 0.6 is 0 Å². The Hall–Kier alpha value is -0.985. The zero-order valence-corrected chi connectivity index (χ0v) is 10.5. The second-order valence-electron chi connectivity index (χ2n) is 5.05. The largest absolute Gasteiger partial charge is 0.493 e. The Balaban J connectivity index is 1.75. The van der Waals surface area contributed by atoms with Crippen molar-refractivity contribution in [2.45, 2.75) is 38.5 Å². The molecule has 0 radical (unpaired) electrons. The third kappa shape index (κ3) is 3.76. The van der Waals surface area contributed by atoms with Gasteiger partial charge in [0, 0.05) is 6.07 Å². The molecule has 0 bridgehead atoms. The van der Waals surface area contributed by atoms with Crippen molar-refractivity contribution in [3.05, 3.63) is 24.0 Å². The fraction of sp³-hybridized carbons (Fsp3) is 0.571. The maximum Gasteiger partial charge on any atom is 0.143 e. The molecule has 1 aromatic carbocycles. The fourth-order valence-electron chi connectivity index (χ4n) is 2.48. The molecule has 0 atom stereocenters. The predicted octanol–water partition coefficient (Wildman–Crippen LogP) is 2.43. The summed E-state index contributed by atoms with van der Waals surface area (Å²) in [7, 11) is 1.77. The Morgan fingerprint density at radius 2 is 2.00 bits per heavy atom. The lowest BCUT2D eigenvalue weighted by Crippen LogP contribution is -2.12. The highest BCUT2D eigenvalue weighted by molar-refractivity contribution is 6.32. The van der Waals surface area contributed by atoms with E-state index in [4.69, 9.17) is 4.74 Å². The minimum Gasteiger partial charge on any atom is -0.493 e. The normalized spacial score (nSPS) is 17.0. The van der Waals surface area contributed by atoms with Crippen LogP contribution in [0.4, 0.5) is 4.39 Å². The lowest BCUT2D eigenvalue weighted by Gasteiger charge is -2.21. The van der Waals surface area contributed by atoms with Crippen molar-refractivity contribution in [2.75, 3.05) is 6.61 Å². The van der Waals surface area contributed by atoms with Gasteiger partial charge in [-0.1, -0.05) is 43.6 Å². The summed E-state index contributed by atoms with van der Waals surface area (Å²) in [4.78, 5) is 0. The summed E-state index contributed by atoms with van der Waals surface area (Å²) in [5.74, 6) is 1.29. The van der Waals surface area contributed by atoms with Crippen molar-refractivity contribution < 1.29 is 9.13 Å². The Morgan fingerprint density at radius 1 is 1.24 bits per heavy atom. The number of hydrogen-bond acceptors (Lipinski definition) is 1. The van der Waals surface area contributed by atoms with Gasteiger partial charge in [-0.15, -0.1) is 0 Å². The van der Waals surface area contributed by atoms with Crippen LogP contribution in [-0.2, 0) is 0 Å². The first kappa shape index (κ1) is 12.5. The average molecular weight is 234 g/mol. The lowest BCUT2D eigenvalue weighted by atomic mass is 9.87. The van der Waals surface area contributed by atoms with Crippen LogP contribution in [0.1, 0.15) is 38.5 Å². The molecule has 92 valence electrons. The molecule has 3 heteroatoms. The van der Waals surface area contributed by atoms with Crippen LogP contribution in [0.25, 0.3) is 0 Å². The molecule has 0 amide bonds. The summed E-state index contributed by atoms with van der Waals surface area (Å²) < 4.78 is 18.9. The summed E-state index contributed by atoms with van der Waals surface area (Å²) in [6.45, 7) is 0.715. The van der Waals surface area contributed by atoms with Crippen LogP contribution in [0.2, 0.25) is 0 Å². The number of benzene rings is 1. The van der Waals surface area contributed by atoms with E-state index >= 15 is 0 Å². The van der Waals surface area contributed by atoms with Gasteiger partial charge in [0.15, 0.2) is 0 Å². The van der Waals surface area contributed by atoms with E-state index in [2.05, 4.69) is 0 Å². The molecule has 2 rings (SSSR count). The van der Waals surface area contributed by atoms with E-state index in [1.165, 1.54) is 38.2 Å². The topological polar surface area (TPSA) is 9.23 Å². The van der Waals surface area contributed by atoms with Crippen LogP contribution in [-0.4, -0.2) is 14.5 Å². The molecule has 0 aliphatic heterocycles. The van der Waals surface area contributed by atoms with Crippen LogP contribution < -0.4 is 10.2 Å². The molecule has 1 saturated carbocycles. The monoisotopic (exact) mass is 234 g/mol. The molecule has 17 heavy (non-hydrogen) atoms. The Morgan fingerprint density at radius 3 is 2.71 bits per heavy atom. The smallest absolute Gasteiger partial charge is 0.143 e. The molecule has 1 fully saturated rings. The van der Waals surface area contributed by atoms with Crippen molar-refractivity contribution in [3.63, 3.8) is 0 Å². The van der Waals surface area contributed by atoms with E-state index in [9.17, 15) is 4.39 Å². The minimum atomic E-state index is -0.180. The Kier molecular flexibility index (Phi) is 4.46. The van der Waals surface area contributed by atoms with E-state index in [-0.39, 0.29) is 5.82 Å². The van der Waals surface area contributed by atoms with Gasteiger partial charge in [-0.3, -0.25) is 0 Å². The Labute approximate surface area is 104 Å². The zero-order chi connectivity index (χ0) is 12.1. The molecule has 1 nitrogen and oxygen atoms in total. The summed E-state index contributed by atoms with van der Waals surface area (Å²) in [5.41, 5.74) is 0.671. The van der Waals surface area contributed by atoms with Crippen LogP contribution in [0.3, 0.4) is 0 Å².